The molecule has 0 spiro atoms. The highest BCUT2D eigenvalue weighted by Crippen LogP contribution is 2.25. The lowest BCUT2D eigenvalue weighted by atomic mass is 10.1. The van der Waals surface area contributed by atoms with Gasteiger partial charge >= 0.3 is 0 Å². The Balaban J connectivity index is 1.56. The van der Waals surface area contributed by atoms with E-state index in [-0.39, 0.29) is 36.2 Å². The van der Waals surface area contributed by atoms with Gasteiger partial charge in [-0.3, -0.25) is 9.59 Å². The Labute approximate surface area is 163 Å². The Hall–Kier alpha value is -2.38. The van der Waals surface area contributed by atoms with Crippen LogP contribution < -0.4 is 5.32 Å². The minimum atomic E-state index is -3.47. The second-order valence-corrected chi connectivity index (χ2v) is 9.14. The topological polar surface area (TPSA) is 83.6 Å². The van der Waals surface area contributed by atoms with Crippen molar-refractivity contribution in [2.45, 2.75) is 23.5 Å². The molecule has 0 bridgehead atoms. The molecule has 2 amide bonds. The third-order valence-corrected chi connectivity index (χ3v) is 6.77. The van der Waals surface area contributed by atoms with Crippen molar-refractivity contribution in [3.8, 4) is 0 Å². The lowest BCUT2D eigenvalue weighted by Crippen LogP contribution is -2.57. The van der Waals surface area contributed by atoms with Crippen LogP contribution in [0.15, 0.2) is 53.4 Å². The number of nitrogens with zero attached hydrogens (tertiary/aromatic N) is 1. The van der Waals surface area contributed by atoms with Gasteiger partial charge in [0, 0.05) is 30.7 Å². The molecule has 8 heteroatoms. The van der Waals surface area contributed by atoms with E-state index >= 15 is 0 Å². The number of likely N-dealkylation sites (tertiary alicyclic amines) is 1. The van der Waals surface area contributed by atoms with Crippen molar-refractivity contribution < 1.29 is 18.0 Å². The number of carbonyl (C=O) groups is 2. The minimum absolute atomic E-state index is 0.121. The fourth-order valence-corrected chi connectivity index (χ4v) is 4.63. The number of sulfone groups is 1. The maximum absolute atomic E-state index is 12.6. The molecule has 1 aliphatic heterocycles. The molecule has 0 unspecified atom stereocenters. The number of nitrogens with one attached hydrogen (secondary N) is 1. The first-order valence-electron chi connectivity index (χ1n) is 8.39. The summed E-state index contributed by atoms with van der Waals surface area (Å²) in [5, 5.41) is 2.55. The maximum atomic E-state index is 12.6. The average Bonchev–Trinajstić information content (AvgIpc) is 2.55. The van der Waals surface area contributed by atoms with E-state index in [0.717, 1.165) is 5.56 Å². The predicted octanol–water partition coefficient (Wildman–Crippen LogP) is 2.53. The molecule has 0 saturated carbocycles. The molecule has 0 aromatic heterocycles. The predicted molar refractivity (Wildman–Crippen MR) is 103 cm³/mol. The molecule has 1 N–H and O–H groups in total. The van der Waals surface area contributed by atoms with Crippen molar-refractivity contribution >= 4 is 38.9 Å². The fraction of sp³-hybridized carbons (Fsp3) is 0.263. The molecule has 142 valence electrons. The summed E-state index contributed by atoms with van der Waals surface area (Å²) in [4.78, 5) is 25.1. The van der Waals surface area contributed by atoms with Gasteiger partial charge in [-0.15, -0.1) is 0 Å². The Morgan fingerprint density at radius 3 is 2.22 bits per heavy atom. The molecule has 27 heavy (non-hydrogen) atoms. The van der Waals surface area contributed by atoms with Gasteiger partial charge in [0.25, 0.3) is 0 Å². The van der Waals surface area contributed by atoms with Crippen molar-refractivity contribution in [2.75, 3.05) is 18.4 Å². The first-order chi connectivity index (χ1) is 12.8. The Kier molecular flexibility index (Phi) is 5.53. The number of amides is 2. The summed E-state index contributed by atoms with van der Waals surface area (Å²) >= 11 is 5.80. The van der Waals surface area contributed by atoms with E-state index in [2.05, 4.69) is 5.32 Å². The van der Waals surface area contributed by atoms with Crippen molar-refractivity contribution in [2.24, 2.45) is 0 Å². The summed E-state index contributed by atoms with van der Waals surface area (Å²) in [6.45, 7) is 1.80. The summed E-state index contributed by atoms with van der Waals surface area (Å²) < 4.78 is 25.1. The van der Waals surface area contributed by atoms with Crippen LogP contribution in [0.4, 0.5) is 5.69 Å². The van der Waals surface area contributed by atoms with Crippen LogP contribution in [0, 0.1) is 0 Å². The molecule has 1 aliphatic rings. The van der Waals surface area contributed by atoms with Gasteiger partial charge in [-0.25, -0.2) is 8.42 Å². The van der Waals surface area contributed by atoms with Gasteiger partial charge in [-0.2, -0.15) is 0 Å². The first-order valence-corrected chi connectivity index (χ1v) is 10.3. The van der Waals surface area contributed by atoms with Crippen molar-refractivity contribution in [1.82, 2.24) is 4.90 Å². The lowest BCUT2D eigenvalue weighted by Gasteiger charge is -2.38. The molecular formula is C19H19ClN2O4S. The number of halogens is 1. The van der Waals surface area contributed by atoms with Gasteiger partial charge < -0.3 is 10.2 Å². The van der Waals surface area contributed by atoms with Gasteiger partial charge in [-0.1, -0.05) is 23.7 Å². The fourth-order valence-electron chi connectivity index (χ4n) is 2.85. The SMILES string of the molecule is CC(=O)Nc1ccc(CC(=O)N2CC(S(=O)(=O)c3ccc(Cl)cc3)C2)cc1. The number of hydrogen-bond acceptors (Lipinski definition) is 4. The van der Waals surface area contributed by atoms with Crippen molar-refractivity contribution in [3.05, 3.63) is 59.1 Å². The molecule has 6 nitrogen and oxygen atoms in total. The van der Waals surface area contributed by atoms with Crippen LogP contribution >= 0.6 is 11.6 Å². The quantitative estimate of drug-likeness (QED) is 0.827. The van der Waals surface area contributed by atoms with Crippen LogP contribution in [-0.4, -0.2) is 43.5 Å². The number of hydrogen-bond donors (Lipinski definition) is 1. The van der Waals surface area contributed by atoms with Crippen LogP contribution in [0.5, 0.6) is 0 Å². The largest absolute Gasteiger partial charge is 0.340 e. The summed E-state index contributed by atoms with van der Waals surface area (Å²) in [6, 6.07) is 13.1. The molecule has 1 heterocycles. The normalized spacial score (nSPS) is 14.5. The molecule has 3 rings (SSSR count). The van der Waals surface area contributed by atoms with E-state index in [9.17, 15) is 18.0 Å². The van der Waals surface area contributed by atoms with E-state index in [1.54, 1.807) is 41.3 Å². The molecule has 0 atom stereocenters. The van der Waals surface area contributed by atoms with Crippen LogP contribution in [0.2, 0.25) is 5.02 Å². The molecule has 1 saturated heterocycles. The third-order valence-electron chi connectivity index (χ3n) is 4.41. The molecule has 0 aliphatic carbocycles. The Morgan fingerprint density at radius 2 is 1.67 bits per heavy atom. The number of anilines is 1. The van der Waals surface area contributed by atoms with Crippen LogP contribution in [-0.2, 0) is 25.8 Å². The molecule has 0 radical (unpaired) electrons. The van der Waals surface area contributed by atoms with Gasteiger partial charge in [0.15, 0.2) is 9.84 Å². The standard InChI is InChI=1S/C19H19ClN2O4S/c1-13(23)21-16-6-2-14(3-7-16)10-19(24)22-11-18(12-22)27(25,26)17-8-4-15(20)5-9-17/h2-9,18H,10-12H2,1H3,(H,21,23). The van der Waals surface area contributed by atoms with Crippen molar-refractivity contribution in [1.29, 1.82) is 0 Å². The second kappa shape index (κ2) is 7.70. The van der Waals surface area contributed by atoms with Gasteiger partial charge in [-0.05, 0) is 42.0 Å². The van der Waals surface area contributed by atoms with E-state index in [4.69, 9.17) is 11.6 Å². The van der Waals surface area contributed by atoms with E-state index in [1.165, 1.54) is 19.1 Å². The molecule has 2 aromatic rings. The second-order valence-electron chi connectivity index (χ2n) is 6.47. The van der Waals surface area contributed by atoms with Gasteiger partial charge in [0.1, 0.15) is 5.25 Å². The summed E-state index contributed by atoms with van der Waals surface area (Å²) in [5.74, 6) is -0.280. The maximum Gasteiger partial charge on any atom is 0.227 e. The number of carbonyl (C=O) groups excluding carboxylic acids is 2. The molecule has 1 fully saturated rings. The third kappa shape index (κ3) is 4.48. The monoisotopic (exact) mass is 406 g/mol. The van der Waals surface area contributed by atoms with Crippen molar-refractivity contribution in [3.63, 3.8) is 0 Å². The Bertz CT molecular complexity index is 950. The zero-order chi connectivity index (χ0) is 19.6. The lowest BCUT2D eigenvalue weighted by molar-refractivity contribution is -0.133. The van der Waals surface area contributed by atoms with Crippen LogP contribution in [0.1, 0.15) is 12.5 Å². The van der Waals surface area contributed by atoms with Crippen LogP contribution in [0.25, 0.3) is 0 Å². The van der Waals surface area contributed by atoms with Crippen LogP contribution in [0.3, 0.4) is 0 Å². The minimum Gasteiger partial charge on any atom is -0.340 e. The van der Waals surface area contributed by atoms with Gasteiger partial charge in [0.05, 0.1) is 11.3 Å². The molecule has 2 aromatic carbocycles. The number of benzene rings is 2. The zero-order valence-corrected chi connectivity index (χ0v) is 16.3. The zero-order valence-electron chi connectivity index (χ0n) is 14.7. The Morgan fingerprint density at radius 1 is 1.07 bits per heavy atom. The highest BCUT2D eigenvalue weighted by molar-refractivity contribution is 7.92. The first kappa shape index (κ1) is 19.4. The summed E-state index contributed by atoms with van der Waals surface area (Å²) in [7, 11) is -3.47. The molecular weight excluding hydrogens is 388 g/mol. The highest BCUT2D eigenvalue weighted by Gasteiger charge is 2.40. The van der Waals surface area contributed by atoms with E-state index in [0.29, 0.717) is 10.7 Å². The summed E-state index contributed by atoms with van der Waals surface area (Å²) in [5.41, 5.74) is 1.47. The average molecular weight is 407 g/mol. The smallest absolute Gasteiger partial charge is 0.227 e. The summed E-state index contributed by atoms with van der Waals surface area (Å²) in [6.07, 6.45) is 0.189. The van der Waals surface area contributed by atoms with E-state index < -0.39 is 15.1 Å². The highest BCUT2D eigenvalue weighted by atomic mass is 35.5. The van der Waals surface area contributed by atoms with E-state index in [1.807, 2.05) is 0 Å². The number of rotatable bonds is 5. The van der Waals surface area contributed by atoms with Gasteiger partial charge in [0.2, 0.25) is 11.8 Å².